The molecule has 3 aromatic rings. The SMILES string of the molecule is CC(O)c1ccccc1NC(=O)c1ccc2cn[nH]c2c1. The first-order valence-electron chi connectivity index (χ1n) is 6.66. The van der Waals surface area contributed by atoms with E-state index in [-0.39, 0.29) is 5.91 Å². The van der Waals surface area contributed by atoms with Gasteiger partial charge in [0, 0.05) is 22.2 Å². The summed E-state index contributed by atoms with van der Waals surface area (Å²) in [5.41, 5.74) is 2.65. The maximum absolute atomic E-state index is 12.3. The summed E-state index contributed by atoms with van der Waals surface area (Å²) in [7, 11) is 0. The molecule has 5 nitrogen and oxygen atoms in total. The van der Waals surface area contributed by atoms with E-state index in [1.807, 2.05) is 18.2 Å². The number of aliphatic hydroxyl groups is 1. The number of carbonyl (C=O) groups is 1. The molecule has 0 aliphatic heterocycles. The van der Waals surface area contributed by atoms with Crippen molar-refractivity contribution in [1.82, 2.24) is 10.2 Å². The number of aromatic amines is 1. The summed E-state index contributed by atoms with van der Waals surface area (Å²) in [5, 5.41) is 20.3. The molecule has 0 spiro atoms. The summed E-state index contributed by atoms with van der Waals surface area (Å²) < 4.78 is 0. The second-order valence-corrected chi connectivity index (χ2v) is 4.89. The topological polar surface area (TPSA) is 78.0 Å². The van der Waals surface area contributed by atoms with Gasteiger partial charge in [-0.3, -0.25) is 9.89 Å². The first-order chi connectivity index (χ1) is 10.1. The van der Waals surface area contributed by atoms with Gasteiger partial charge in [0.2, 0.25) is 0 Å². The van der Waals surface area contributed by atoms with Crippen LogP contribution in [0.25, 0.3) is 10.9 Å². The Bertz CT molecular complexity index is 793. The Morgan fingerprint density at radius 1 is 1.29 bits per heavy atom. The van der Waals surface area contributed by atoms with Gasteiger partial charge in [0.1, 0.15) is 0 Å². The zero-order valence-corrected chi connectivity index (χ0v) is 11.5. The Balaban J connectivity index is 1.89. The Kier molecular flexibility index (Phi) is 3.41. The number of carbonyl (C=O) groups excluding carboxylic acids is 1. The minimum atomic E-state index is -0.642. The van der Waals surface area contributed by atoms with Gasteiger partial charge >= 0.3 is 0 Å². The molecule has 0 radical (unpaired) electrons. The number of aliphatic hydroxyl groups excluding tert-OH is 1. The van der Waals surface area contributed by atoms with E-state index >= 15 is 0 Å². The smallest absolute Gasteiger partial charge is 0.255 e. The average Bonchev–Trinajstić information content (AvgIpc) is 2.94. The molecule has 0 aliphatic rings. The van der Waals surface area contributed by atoms with Crippen LogP contribution in [0.1, 0.15) is 28.9 Å². The fraction of sp³-hybridized carbons (Fsp3) is 0.125. The van der Waals surface area contributed by atoms with Crippen molar-refractivity contribution in [2.45, 2.75) is 13.0 Å². The lowest BCUT2D eigenvalue weighted by atomic mass is 10.1. The maximum atomic E-state index is 12.3. The van der Waals surface area contributed by atoms with Gasteiger partial charge in [-0.15, -0.1) is 0 Å². The van der Waals surface area contributed by atoms with Crippen LogP contribution < -0.4 is 5.32 Å². The van der Waals surface area contributed by atoms with Crippen molar-refractivity contribution in [2.75, 3.05) is 5.32 Å². The molecule has 1 amide bonds. The Hall–Kier alpha value is -2.66. The van der Waals surface area contributed by atoms with E-state index in [4.69, 9.17) is 0 Å². The number of hydrogen-bond acceptors (Lipinski definition) is 3. The van der Waals surface area contributed by atoms with Gasteiger partial charge < -0.3 is 10.4 Å². The molecule has 0 bridgehead atoms. The first kappa shape index (κ1) is 13.3. The quantitative estimate of drug-likeness (QED) is 0.690. The van der Waals surface area contributed by atoms with Crippen LogP contribution in [-0.4, -0.2) is 21.2 Å². The molecule has 1 heterocycles. The first-order valence-corrected chi connectivity index (χ1v) is 6.66. The van der Waals surface area contributed by atoms with Gasteiger partial charge in [-0.2, -0.15) is 5.10 Å². The van der Waals surface area contributed by atoms with Crippen LogP contribution in [0, 0.1) is 0 Å². The van der Waals surface area contributed by atoms with Gasteiger partial charge in [0.15, 0.2) is 0 Å². The number of hydrogen-bond donors (Lipinski definition) is 3. The van der Waals surface area contributed by atoms with Crippen LogP contribution in [0.15, 0.2) is 48.7 Å². The fourth-order valence-electron chi connectivity index (χ4n) is 2.25. The van der Waals surface area contributed by atoms with Crippen LogP contribution in [-0.2, 0) is 0 Å². The largest absolute Gasteiger partial charge is 0.389 e. The standard InChI is InChI=1S/C16H15N3O2/c1-10(20)13-4-2-3-5-14(13)18-16(21)11-6-7-12-9-17-19-15(12)8-11/h2-10,20H,1H3,(H,17,19)(H,18,21). The van der Waals surface area contributed by atoms with Gasteiger partial charge in [-0.1, -0.05) is 24.3 Å². The molecule has 3 rings (SSSR count). The summed E-state index contributed by atoms with van der Waals surface area (Å²) in [4.78, 5) is 12.3. The molecule has 0 saturated heterocycles. The summed E-state index contributed by atoms with van der Waals surface area (Å²) in [6.45, 7) is 1.67. The summed E-state index contributed by atoms with van der Waals surface area (Å²) in [6.07, 6.45) is 1.07. The second-order valence-electron chi connectivity index (χ2n) is 4.89. The molecule has 2 aromatic carbocycles. The van der Waals surface area contributed by atoms with Crippen LogP contribution in [0.5, 0.6) is 0 Å². The van der Waals surface area contributed by atoms with E-state index in [0.29, 0.717) is 16.8 Å². The molecule has 0 fully saturated rings. The van der Waals surface area contributed by atoms with Gasteiger partial charge in [-0.05, 0) is 25.1 Å². The summed E-state index contributed by atoms with van der Waals surface area (Å²) in [5.74, 6) is -0.223. The van der Waals surface area contributed by atoms with Crippen LogP contribution in [0.2, 0.25) is 0 Å². The predicted molar refractivity (Wildman–Crippen MR) is 81.1 cm³/mol. The zero-order chi connectivity index (χ0) is 14.8. The molecule has 21 heavy (non-hydrogen) atoms. The van der Waals surface area contributed by atoms with Crippen molar-refractivity contribution >= 4 is 22.5 Å². The fourth-order valence-corrected chi connectivity index (χ4v) is 2.25. The van der Waals surface area contributed by atoms with Gasteiger partial charge in [0.25, 0.3) is 5.91 Å². The van der Waals surface area contributed by atoms with Crippen LogP contribution in [0.3, 0.4) is 0 Å². The Labute approximate surface area is 121 Å². The number of fused-ring (bicyclic) bond motifs is 1. The molecule has 1 unspecified atom stereocenters. The highest BCUT2D eigenvalue weighted by molar-refractivity contribution is 6.06. The lowest BCUT2D eigenvalue weighted by Gasteiger charge is -2.13. The predicted octanol–water partition coefficient (Wildman–Crippen LogP) is 2.87. The van der Waals surface area contributed by atoms with E-state index in [2.05, 4.69) is 15.5 Å². The van der Waals surface area contributed by atoms with Crippen molar-refractivity contribution in [3.8, 4) is 0 Å². The average molecular weight is 281 g/mol. The number of nitrogens with zero attached hydrogens (tertiary/aromatic N) is 1. The normalized spacial score (nSPS) is 12.3. The zero-order valence-electron chi connectivity index (χ0n) is 11.5. The minimum absolute atomic E-state index is 0.223. The van der Waals surface area contributed by atoms with E-state index < -0.39 is 6.10 Å². The Morgan fingerprint density at radius 3 is 2.90 bits per heavy atom. The molecule has 5 heteroatoms. The highest BCUT2D eigenvalue weighted by atomic mass is 16.3. The third kappa shape index (κ3) is 2.64. The number of H-pyrrole nitrogens is 1. The van der Waals surface area contributed by atoms with Gasteiger partial charge in [0.05, 0.1) is 17.8 Å². The van der Waals surface area contributed by atoms with Crippen molar-refractivity contribution < 1.29 is 9.90 Å². The molecule has 0 saturated carbocycles. The number of amides is 1. The number of nitrogens with one attached hydrogen (secondary N) is 2. The van der Waals surface area contributed by atoms with Crippen LogP contribution in [0.4, 0.5) is 5.69 Å². The van der Waals surface area contributed by atoms with E-state index in [0.717, 1.165) is 10.9 Å². The molecule has 106 valence electrons. The Morgan fingerprint density at radius 2 is 2.10 bits per heavy atom. The number of para-hydroxylation sites is 1. The minimum Gasteiger partial charge on any atom is -0.389 e. The summed E-state index contributed by atoms with van der Waals surface area (Å²) in [6, 6.07) is 12.6. The molecule has 0 aliphatic carbocycles. The molecule has 1 atom stereocenters. The van der Waals surface area contributed by atoms with Crippen molar-refractivity contribution in [1.29, 1.82) is 0 Å². The molecular formula is C16H15N3O2. The van der Waals surface area contributed by atoms with Crippen molar-refractivity contribution in [3.63, 3.8) is 0 Å². The monoisotopic (exact) mass is 281 g/mol. The summed E-state index contributed by atoms with van der Waals surface area (Å²) >= 11 is 0. The van der Waals surface area contributed by atoms with Crippen molar-refractivity contribution in [2.24, 2.45) is 0 Å². The van der Waals surface area contributed by atoms with Gasteiger partial charge in [-0.25, -0.2) is 0 Å². The molecule has 1 aromatic heterocycles. The lowest BCUT2D eigenvalue weighted by Crippen LogP contribution is -2.13. The maximum Gasteiger partial charge on any atom is 0.255 e. The molecular weight excluding hydrogens is 266 g/mol. The van der Waals surface area contributed by atoms with Crippen molar-refractivity contribution in [3.05, 3.63) is 59.8 Å². The highest BCUT2D eigenvalue weighted by Crippen LogP contribution is 2.23. The third-order valence-corrected chi connectivity index (χ3v) is 3.36. The molecule has 3 N–H and O–H groups in total. The highest BCUT2D eigenvalue weighted by Gasteiger charge is 2.12. The van der Waals surface area contributed by atoms with E-state index in [1.165, 1.54) is 0 Å². The van der Waals surface area contributed by atoms with E-state index in [1.54, 1.807) is 37.4 Å². The van der Waals surface area contributed by atoms with Crippen LogP contribution >= 0.6 is 0 Å². The number of rotatable bonds is 3. The second kappa shape index (κ2) is 5.38. The third-order valence-electron chi connectivity index (χ3n) is 3.36. The number of benzene rings is 2. The number of aromatic nitrogens is 2. The number of anilines is 1. The van der Waals surface area contributed by atoms with E-state index in [9.17, 15) is 9.90 Å². The lowest BCUT2D eigenvalue weighted by molar-refractivity contribution is 0.102.